The Morgan fingerprint density at radius 2 is 2.19 bits per heavy atom. The minimum absolute atomic E-state index is 0.0441. The van der Waals surface area contributed by atoms with Crippen LogP contribution in [0.5, 0.6) is 0 Å². The molecule has 7 heteroatoms. The Balaban J connectivity index is 2.58. The van der Waals surface area contributed by atoms with Crippen molar-refractivity contribution in [3.8, 4) is 0 Å². The van der Waals surface area contributed by atoms with Gasteiger partial charge < -0.3 is 4.74 Å². The number of carbonyl (C=O) groups is 1. The monoisotopic (exact) mass is 240 g/mol. The second kappa shape index (κ2) is 3.60. The largest absolute Gasteiger partial charge is 0.465 e. The molecule has 0 saturated carbocycles. The number of nitrogens with zero attached hydrogens (tertiary/aromatic N) is 1. The van der Waals surface area contributed by atoms with Crippen LogP contribution in [0, 0.1) is 0 Å². The standard InChI is InChI=1S/C9H8N2O4S/c1-15-9(12)6-2-3-8-7(4-6)10-5-11-16(8,13)14/h2-5H,1H3,(H,10,11). The Hall–Kier alpha value is -1.89. The van der Waals surface area contributed by atoms with Crippen LogP contribution in [0.1, 0.15) is 10.4 Å². The normalized spacial score (nSPS) is 16.1. The summed E-state index contributed by atoms with van der Waals surface area (Å²) in [6.45, 7) is 0. The third-order valence-electron chi connectivity index (χ3n) is 2.08. The van der Waals surface area contributed by atoms with Gasteiger partial charge in [0.05, 0.1) is 18.4 Å². The number of esters is 1. The molecule has 84 valence electrons. The molecule has 0 aliphatic carbocycles. The summed E-state index contributed by atoms with van der Waals surface area (Å²) in [7, 11) is -2.29. The minimum atomic E-state index is -3.54. The van der Waals surface area contributed by atoms with Gasteiger partial charge in [-0.3, -0.25) is 4.72 Å². The maximum atomic E-state index is 11.5. The predicted octanol–water partition coefficient (Wildman–Crippen LogP) is 0.425. The zero-order valence-electron chi connectivity index (χ0n) is 8.30. The second-order valence-corrected chi connectivity index (χ2v) is 4.74. The van der Waals surface area contributed by atoms with Gasteiger partial charge in [0, 0.05) is 0 Å². The molecule has 16 heavy (non-hydrogen) atoms. The molecule has 1 aromatic carbocycles. The van der Waals surface area contributed by atoms with Crippen molar-refractivity contribution in [3.05, 3.63) is 23.8 Å². The van der Waals surface area contributed by atoms with E-state index in [0.29, 0.717) is 0 Å². The Kier molecular flexibility index (Phi) is 2.39. The molecular weight excluding hydrogens is 232 g/mol. The highest BCUT2D eigenvalue weighted by atomic mass is 32.2. The Bertz CT molecular complexity index is 577. The lowest BCUT2D eigenvalue weighted by Gasteiger charge is -2.12. The van der Waals surface area contributed by atoms with Crippen LogP contribution >= 0.6 is 0 Å². The second-order valence-electron chi connectivity index (χ2n) is 3.05. The van der Waals surface area contributed by atoms with Gasteiger partial charge in [-0.05, 0) is 18.2 Å². The summed E-state index contributed by atoms with van der Waals surface area (Å²) in [6.07, 6.45) is 1.07. The molecular formula is C9H8N2O4S. The highest BCUT2D eigenvalue weighted by molar-refractivity contribution is 7.90. The lowest BCUT2D eigenvalue weighted by atomic mass is 10.2. The van der Waals surface area contributed by atoms with Crippen LogP contribution in [-0.2, 0) is 14.8 Å². The SMILES string of the molecule is COC(=O)c1ccc2c(c1)N=CNS2(=O)=O. The molecule has 2 rings (SSSR count). The van der Waals surface area contributed by atoms with Gasteiger partial charge in [-0.1, -0.05) is 0 Å². The third-order valence-corrected chi connectivity index (χ3v) is 3.42. The number of fused-ring (bicyclic) bond motifs is 1. The van der Waals surface area contributed by atoms with Crippen LogP contribution < -0.4 is 4.72 Å². The summed E-state index contributed by atoms with van der Waals surface area (Å²) < 4.78 is 29.7. The lowest BCUT2D eigenvalue weighted by molar-refractivity contribution is 0.0600. The number of benzene rings is 1. The summed E-state index contributed by atoms with van der Waals surface area (Å²) in [6, 6.07) is 4.07. The topological polar surface area (TPSA) is 84.8 Å². The molecule has 6 nitrogen and oxygen atoms in total. The van der Waals surface area contributed by atoms with Gasteiger partial charge in [-0.2, -0.15) is 0 Å². The number of aliphatic imine (C=N–C) groups is 1. The Labute approximate surface area is 92.0 Å². The average molecular weight is 240 g/mol. The molecule has 0 saturated heterocycles. The van der Waals surface area contributed by atoms with Crippen LogP contribution in [0.4, 0.5) is 5.69 Å². The third kappa shape index (κ3) is 1.65. The van der Waals surface area contributed by atoms with Crippen molar-refractivity contribution in [2.24, 2.45) is 4.99 Å². The van der Waals surface area contributed by atoms with E-state index >= 15 is 0 Å². The van der Waals surface area contributed by atoms with Crippen molar-refractivity contribution in [2.75, 3.05) is 7.11 Å². The molecule has 0 amide bonds. The molecule has 0 spiro atoms. The number of ether oxygens (including phenoxy) is 1. The fraction of sp³-hybridized carbons (Fsp3) is 0.111. The van der Waals surface area contributed by atoms with Crippen molar-refractivity contribution in [2.45, 2.75) is 4.90 Å². The zero-order valence-corrected chi connectivity index (χ0v) is 9.11. The van der Waals surface area contributed by atoms with E-state index in [-0.39, 0.29) is 16.1 Å². The quantitative estimate of drug-likeness (QED) is 0.721. The molecule has 0 atom stereocenters. The van der Waals surface area contributed by atoms with Crippen molar-refractivity contribution in [1.29, 1.82) is 0 Å². The van der Waals surface area contributed by atoms with E-state index in [9.17, 15) is 13.2 Å². The van der Waals surface area contributed by atoms with E-state index < -0.39 is 16.0 Å². The molecule has 1 heterocycles. The minimum Gasteiger partial charge on any atom is -0.465 e. The van der Waals surface area contributed by atoms with Crippen LogP contribution in [0.2, 0.25) is 0 Å². The van der Waals surface area contributed by atoms with E-state index in [1.165, 1.54) is 25.3 Å². The van der Waals surface area contributed by atoms with Crippen LogP contribution in [-0.4, -0.2) is 27.8 Å². The number of hydrogen-bond donors (Lipinski definition) is 1. The van der Waals surface area contributed by atoms with E-state index in [1.807, 2.05) is 0 Å². The molecule has 0 aromatic heterocycles. The number of rotatable bonds is 1. The molecule has 0 unspecified atom stereocenters. The van der Waals surface area contributed by atoms with Crippen molar-refractivity contribution >= 4 is 28.0 Å². The van der Waals surface area contributed by atoms with Crippen molar-refractivity contribution in [3.63, 3.8) is 0 Å². The molecule has 1 aliphatic rings. The lowest BCUT2D eigenvalue weighted by Crippen LogP contribution is -2.25. The molecule has 0 radical (unpaired) electrons. The zero-order chi connectivity index (χ0) is 11.8. The van der Waals surface area contributed by atoms with Crippen LogP contribution in [0.3, 0.4) is 0 Å². The molecule has 1 aromatic rings. The maximum absolute atomic E-state index is 11.5. The van der Waals surface area contributed by atoms with E-state index in [0.717, 1.165) is 6.34 Å². The number of methoxy groups -OCH3 is 1. The number of hydrogen-bond acceptors (Lipinski definition) is 5. The Morgan fingerprint density at radius 3 is 2.88 bits per heavy atom. The number of carbonyl (C=O) groups excluding carboxylic acids is 1. The molecule has 1 aliphatic heterocycles. The Morgan fingerprint density at radius 1 is 1.44 bits per heavy atom. The first-order valence-corrected chi connectivity index (χ1v) is 5.80. The molecule has 1 N–H and O–H groups in total. The summed E-state index contributed by atoms with van der Waals surface area (Å²) >= 11 is 0. The van der Waals surface area contributed by atoms with Gasteiger partial charge in [0.25, 0.3) is 10.0 Å². The molecule has 0 fully saturated rings. The smallest absolute Gasteiger partial charge is 0.337 e. The number of sulfonamides is 1. The van der Waals surface area contributed by atoms with Crippen molar-refractivity contribution < 1.29 is 17.9 Å². The van der Waals surface area contributed by atoms with Gasteiger partial charge in [0.15, 0.2) is 0 Å². The van der Waals surface area contributed by atoms with E-state index in [1.54, 1.807) is 0 Å². The van der Waals surface area contributed by atoms with Gasteiger partial charge in [0.2, 0.25) is 0 Å². The van der Waals surface area contributed by atoms with E-state index in [4.69, 9.17) is 0 Å². The first kappa shape index (κ1) is 10.6. The summed E-state index contributed by atoms with van der Waals surface area (Å²) in [4.78, 5) is 15.1. The van der Waals surface area contributed by atoms with Crippen LogP contribution in [0.15, 0.2) is 28.1 Å². The highest BCUT2D eigenvalue weighted by Gasteiger charge is 2.21. The van der Waals surface area contributed by atoms with Crippen LogP contribution in [0.25, 0.3) is 0 Å². The summed E-state index contributed by atoms with van der Waals surface area (Å²) in [5, 5.41) is 0. The number of nitrogens with one attached hydrogen (secondary N) is 1. The van der Waals surface area contributed by atoms with E-state index in [2.05, 4.69) is 14.5 Å². The first-order valence-electron chi connectivity index (χ1n) is 4.32. The fourth-order valence-electron chi connectivity index (χ4n) is 1.32. The van der Waals surface area contributed by atoms with Gasteiger partial charge in [0.1, 0.15) is 11.2 Å². The average Bonchev–Trinajstić information content (AvgIpc) is 2.27. The van der Waals surface area contributed by atoms with Gasteiger partial charge in [-0.25, -0.2) is 18.2 Å². The highest BCUT2D eigenvalue weighted by Crippen LogP contribution is 2.27. The predicted molar refractivity (Wildman–Crippen MR) is 56.3 cm³/mol. The summed E-state index contributed by atoms with van der Waals surface area (Å²) in [5.41, 5.74) is 0.483. The van der Waals surface area contributed by atoms with Gasteiger partial charge in [-0.15, -0.1) is 0 Å². The van der Waals surface area contributed by atoms with Gasteiger partial charge >= 0.3 is 5.97 Å². The van der Waals surface area contributed by atoms with Crippen molar-refractivity contribution in [1.82, 2.24) is 4.72 Å². The molecule has 0 bridgehead atoms. The fourth-order valence-corrected chi connectivity index (χ4v) is 2.27. The first-order chi connectivity index (χ1) is 7.54. The maximum Gasteiger partial charge on any atom is 0.337 e. The summed E-state index contributed by atoms with van der Waals surface area (Å²) in [5.74, 6) is -0.533.